The Morgan fingerprint density at radius 1 is 1.18 bits per heavy atom. The lowest BCUT2D eigenvalue weighted by molar-refractivity contribution is -0.119. The number of phenols is 2. The van der Waals surface area contributed by atoms with E-state index in [2.05, 4.69) is 5.32 Å². The zero-order chi connectivity index (χ0) is 16.1. The summed E-state index contributed by atoms with van der Waals surface area (Å²) in [7, 11) is 0. The smallest absolute Gasteiger partial charge is 0.217 e. The third-order valence-corrected chi connectivity index (χ3v) is 3.29. The van der Waals surface area contributed by atoms with Crippen molar-refractivity contribution in [1.29, 1.82) is 5.41 Å². The Bertz CT molecular complexity index is 698. The van der Waals surface area contributed by atoms with Crippen molar-refractivity contribution in [2.24, 2.45) is 0 Å². The minimum Gasteiger partial charge on any atom is -0.508 e. The molecule has 5 nitrogen and oxygen atoms in total. The predicted molar refractivity (Wildman–Crippen MR) is 84.2 cm³/mol. The van der Waals surface area contributed by atoms with Crippen LogP contribution >= 0.6 is 0 Å². The van der Waals surface area contributed by atoms with Crippen LogP contribution in [0, 0.1) is 5.41 Å². The van der Waals surface area contributed by atoms with E-state index in [4.69, 9.17) is 5.41 Å². The summed E-state index contributed by atoms with van der Waals surface area (Å²) in [6, 6.07) is 12.6. The molecule has 2 aromatic carbocycles. The average molecular weight is 298 g/mol. The monoisotopic (exact) mass is 298 g/mol. The van der Waals surface area contributed by atoms with Crippen molar-refractivity contribution in [3.63, 3.8) is 0 Å². The lowest BCUT2D eigenvalue weighted by Crippen LogP contribution is -2.28. The van der Waals surface area contributed by atoms with Crippen molar-refractivity contribution in [3.8, 4) is 11.5 Å². The first-order chi connectivity index (χ1) is 10.5. The lowest BCUT2D eigenvalue weighted by atomic mass is 9.96. The summed E-state index contributed by atoms with van der Waals surface area (Å²) in [6.45, 7) is 1.39. The highest BCUT2D eigenvalue weighted by atomic mass is 16.3. The van der Waals surface area contributed by atoms with Gasteiger partial charge in [-0.05, 0) is 23.8 Å². The zero-order valence-corrected chi connectivity index (χ0v) is 12.2. The first kappa shape index (κ1) is 15.6. The van der Waals surface area contributed by atoms with E-state index in [1.54, 1.807) is 36.4 Å². The van der Waals surface area contributed by atoms with Gasteiger partial charge in [0.25, 0.3) is 0 Å². The quantitative estimate of drug-likeness (QED) is 0.639. The fraction of sp³-hybridized carbons (Fsp3) is 0.176. The second-order valence-electron chi connectivity index (χ2n) is 5.04. The maximum atomic E-state index is 11.4. The molecular formula is C17H18N2O3. The number of para-hydroxylation sites is 1. The molecule has 0 aromatic heterocycles. The number of benzene rings is 2. The number of carbonyl (C=O) groups is 1. The highest BCUT2D eigenvalue weighted by molar-refractivity contribution is 5.99. The number of carbonyl (C=O) groups excluding carboxylic acids is 1. The minimum absolute atomic E-state index is 0.0740. The highest BCUT2D eigenvalue weighted by Gasteiger charge is 2.19. The molecule has 22 heavy (non-hydrogen) atoms. The Morgan fingerprint density at radius 2 is 1.91 bits per heavy atom. The summed E-state index contributed by atoms with van der Waals surface area (Å²) in [5, 5.41) is 30.4. The van der Waals surface area contributed by atoms with Crippen LogP contribution in [0.4, 0.5) is 0 Å². The SMILES string of the molecule is CC(=O)NC(CC(=N)c1cccc(O)c1)c1ccccc1O. The molecule has 4 N–H and O–H groups in total. The van der Waals surface area contributed by atoms with E-state index in [1.165, 1.54) is 19.1 Å². The van der Waals surface area contributed by atoms with Gasteiger partial charge in [0.1, 0.15) is 11.5 Å². The largest absolute Gasteiger partial charge is 0.508 e. The molecule has 0 radical (unpaired) electrons. The van der Waals surface area contributed by atoms with Crippen LogP contribution in [-0.4, -0.2) is 21.8 Å². The standard InChI is InChI=1S/C17H18N2O3/c1-11(20)19-16(14-7-2-3-8-17(14)22)10-15(18)12-5-4-6-13(21)9-12/h2-9,16,18,21-22H,10H2,1H3,(H,19,20). The van der Waals surface area contributed by atoms with Crippen LogP contribution in [-0.2, 0) is 4.79 Å². The molecule has 0 spiro atoms. The Kier molecular flexibility index (Phi) is 4.78. The van der Waals surface area contributed by atoms with Gasteiger partial charge in [0, 0.05) is 24.6 Å². The van der Waals surface area contributed by atoms with Gasteiger partial charge in [-0.2, -0.15) is 0 Å². The van der Waals surface area contributed by atoms with Crippen molar-refractivity contribution >= 4 is 11.6 Å². The second-order valence-corrected chi connectivity index (χ2v) is 5.04. The number of hydrogen-bond acceptors (Lipinski definition) is 4. The number of rotatable bonds is 5. The zero-order valence-electron chi connectivity index (χ0n) is 12.2. The maximum Gasteiger partial charge on any atom is 0.217 e. The van der Waals surface area contributed by atoms with E-state index in [9.17, 15) is 15.0 Å². The summed E-state index contributed by atoms with van der Waals surface area (Å²) in [5.41, 5.74) is 1.39. The van der Waals surface area contributed by atoms with Gasteiger partial charge < -0.3 is 20.9 Å². The number of nitrogens with one attached hydrogen (secondary N) is 2. The van der Waals surface area contributed by atoms with Crippen molar-refractivity contribution in [2.75, 3.05) is 0 Å². The molecule has 2 rings (SSSR count). The second kappa shape index (κ2) is 6.76. The summed E-state index contributed by atoms with van der Waals surface area (Å²) in [6.07, 6.45) is 0.209. The highest BCUT2D eigenvalue weighted by Crippen LogP contribution is 2.27. The molecule has 5 heteroatoms. The Hall–Kier alpha value is -2.82. The molecule has 0 saturated heterocycles. The normalized spacial score (nSPS) is 11.7. The van der Waals surface area contributed by atoms with Gasteiger partial charge in [-0.1, -0.05) is 30.3 Å². The molecule has 1 amide bonds. The van der Waals surface area contributed by atoms with Crippen molar-refractivity contribution in [3.05, 3.63) is 59.7 Å². The summed E-state index contributed by atoms with van der Waals surface area (Å²) in [5.74, 6) is -0.0807. The first-order valence-corrected chi connectivity index (χ1v) is 6.89. The van der Waals surface area contributed by atoms with Crippen LogP contribution in [0.15, 0.2) is 48.5 Å². The van der Waals surface area contributed by atoms with Gasteiger partial charge in [0.15, 0.2) is 0 Å². The van der Waals surface area contributed by atoms with Crippen LogP contribution < -0.4 is 5.32 Å². The van der Waals surface area contributed by atoms with Gasteiger partial charge in [-0.25, -0.2) is 0 Å². The Balaban J connectivity index is 2.25. The summed E-state index contributed by atoms with van der Waals surface area (Å²) >= 11 is 0. The maximum absolute atomic E-state index is 11.4. The molecule has 0 aliphatic carbocycles. The van der Waals surface area contributed by atoms with E-state index in [0.717, 1.165) is 0 Å². The fourth-order valence-corrected chi connectivity index (χ4v) is 2.28. The predicted octanol–water partition coefficient (Wildman–Crippen LogP) is 2.73. The molecule has 0 heterocycles. The topological polar surface area (TPSA) is 93.4 Å². The van der Waals surface area contributed by atoms with E-state index in [-0.39, 0.29) is 29.5 Å². The van der Waals surface area contributed by atoms with Crippen LogP contribution in [0.3, 0.4) is 0 Å². The van der Waals surface area contributed by atoms with E-state index < -0.39 is 6.04 Å². The molecule has 0 bridgehead atoms. The Labute approximate surface area is 128 Å². The van der Waals surface area contributed by atoms with Crippen LogP contribution in [0.2, 0.25) is 0 Å². The van der Waals surface area contributed by atoms with E-state index >= 15 is 0 Å². The minimum atomic E-state index is -0.506. The van der Waals surface area contributed by atoms with E-state index in [1.807, 2.05) is 0 Å². The van der Waals surface area contributed by atoms with Gasteiger partial charge in [-0.3, -0.25) is 4.79 Å². The van der Waals surface area contributed by atoms with Crippen molar-refractivity contribution in [2.45, 2.75) is 19.4 Å². The van der Waals surface area contributed by atoms with E-state index in [0.29, 0.717) is 11.1 Å². The number of aromatic hydroxyl groups is 2. The molecule has 0 fully saturated rings. The van der Waals surface area contributed by atoms with Gasteiger partial charge in [0.2, 0.25) is 5.91 Å². The van der Waals surface area contributed by atoms with Crippen molar-refractivity contribution in [1.82, 2.24) is 5.32 Å². The Morgan fingerprint density at radius 3 is 2.55 bits per heavy atom. The fourth-order valence-electron chi connectivity index (χ4n) is 2.28. The lowest BCUT2D eigenvalue weighted by Gasteiger charge is -2.20. The van der Waals surface area contributed by atoms with Crippen LogP contribution in [0.1, 0.15) is 30.5 Å². The molecule has 0 aliphatic rings. The molecule has 0 aliphatic heterocycles. The molecular weight excluding hydrogens is 280 g/mol. The van der Waals surface area contributed by atoms with Crippen LogP contribution in [0.25, 0.3) is 0 Å². The van der Waals surface area contributed by atoms with Crippen LogP contribution in [0.5, 0.6) is 11.5 Å². The summed E-state index contributed by atoms with van der Waals surface area (Å²) < 4.78 is 0. The molecule has 114 valence electrons. The van der Waals surface area contributed by atoms with Gasteiger partial charge >= 0.3 is 0 Å². The van der Waals surface area contributed by atoms with Gasteiger partial charge in [0.05, 0.1) is 6.04 Å². The average Bonchev–Trinajstić information content (AvgIpc) is 2.46. The molecule has 1 atom stereocenters. The molecule has 2 aromatic rings. The molecule has 0 saturated carbocycles. The summed E-state index contributed by atoms with van der Waals surface area (Å²) in [4.78, 5) is 11.4. The van der Waals surface area contributed by atoms with Crippen molar-refractivity contribution < 1.29 is 15.0 Å². The molecule has 1 unspecified atom stereocenters. The number of hydrogen-bond donors (Lipinski definition) is 4. The first-order valence-electron chi connectivity index (χ1n) is 6.89. The number of phenolic OH excluding ortho intramolecular Hbond substituents is 2. The van der Waals surface area contributed by atoms with Gasteiger partial charge in [-0.15, -0.1) is 0 Å². The number of amides is 1. The third-order valence-electron chi connectivity index (χ3n) is 3.29. The third kappa shape index (κ3) is 3.85.